The van der Waals surface area contributed by atoms with Gasteiger partial charge >= 0.3 is 6.18 Å². The van der Waals surface area contributed by atoms with Crippen LogP contribution in [0.5, 0.6) is 0 Å². The maximum absolute atomic E-state index is 13.3. The number of nitrogens with zero attached hydrogens (tertiary/aromatic N) is 6. The maximum Gasteiger partial charge on any atom is 0.406 e. The number of para-hydroxylation sites is 1. The van der Waals surface area contributed by atoms with Crippen molar-refractivity contribution >= 4 is 23.2 Å². The number of amides is 1. The van der Waals surface area contributed by atoms with E-state index in [0.29, 0.717) is 34.7 Å². The van der Waals surface area contributed by atoms with Gasteiger partial charge in [-0.3, -0.25) is 4.79 Å². The molecule has 0 bridgehead atoms. The Kier molecular flexibility index (Phi) is 5.84. The van der Waals surface area contributed by atoms with E-state index in [9.17, 15) is 18.0 Å². The van der Waals surface area contributed by atoms with Gasteiger partial charge in [-0.25, -0.2) is 9.67 Å². The van der Waals surface area contributed by atoms with Crippen molar-refractivity contribution in [2.45, 2.75) is 32.0 Å². The van der Waals surface area contributed by atoms with E-state index in [-0.39, 0.29) is 5.69 Å². The Morgan fingerprint density at radius 1 is 1.11 bits per heavy atom. The number of rotatable bonds is 4. The van der Waals surface area contributed by atoms with Crippen molar-refractivity contribution < 1.29 is 18.0 Å². The lowest BCUT2D eigenvalue weighted by Gasteiger charge is -2.26. The molecule has 0 aliphatic carbocycles. The van der Waals surface area contributed by atoms with Gasteiger partial charge in [0.15, 0.2) is 0 Å². The van der Waals surface area contributed by atoms with Gasteiger partial charge in [0, 0.05) is 17.4 Å². The van der Waals surface area contributed by atoms with Gasteiger partial charge in [-0.1, -0.05) is 41.1 Å². The lowest BCUT2D eigenvalue weighted by atomic mass is 10.1. The number of halogens is 4. The summed E-state index contributed by atoms with van der Waals surface area (Å²) in [5.74, 6) is -0.674. The van der Waals surface area contributed by atoms with Crippen LogP contribution in [0.4, 0.5) is 18.9 Å². The van der Waals surface area contributed by atoms with Gasteiger partial charge in [-0.15, -0.1) is 5.10 Å². The van der Waals surface area contributed by atoms with E-state index in [0.717, 1.165) is 16.3 Å². The molecule has 0 spiro atoms. The van der Waals surface area contributed by atoms with Crippen molar-refractivity contribution in [1.82, 2.24) is 24.5 Å². The van der Waals surface area contributed by atoms with Gasteiger partial charge in [0.2, 0.25) is 0 Å². The predicted octanol–water partition coefficient (Wildman–Crippen LogP) is 5.18. The van der Waals surface area contributed by atoms with Gasteiger partial charge in [-0.2, -0.15) is 13.2 Å². The fraction of sp³-hybridized carbons (Fsp3) is 0.250. The lowest BCUT2D eigenvalue weighted by molar-refractivity contribution is -0.134. The zero-order chi connectivity index (χ0) is 24.7. The Morgan fingerprint density at radius 3 is 2.63 bits per heavy atom. The monoisotopic (exact) mass is 500 g/mol. The van der Waals surface area contributed by atoms with E-state index < -0.39 is 24.7 Å². The topological polar surface area (TPSA) is 68.8 Å². The van der Waals surface area contributed by atoms with E-state index in [1.807, 2.05) is 25.3 Å². The highest BCUT2D eigenvalue weighted by Crippen LogP contribution is 2.34. The number of hydrogen-bond acceptors (Lipinski definition) is 4. The van der Waals surface area contributed by atoms with Gasteiger partial charge in [-0.05, 0) is 43.5 Å². The van der Waals surface area contributed by atoms with Gasteiger partial charge in [0.25, 0.3) is 5.91 Å². The second-order valence-electron chi connectivity index (χ2n) is 8.40. The number of aryl methyl sites for hydroxylation is 2. The molecule has 35 heavy (non-hydrogen) atoms. The molecule has 1 amide bonds. The number of anilines is 1. The quantitative estimate of drug-likeness (QED) is 0.387. The first-order valence-electron chi connectivity index (χ1n) is 10.9. The molecule has 4 aromatic rings. The fourth-order valence-electron chi connectivity index (χ4n) is 4.28. The van der Waals surface area contributed by atoms with Crippen LogP contribution in [-0.4, -0.2) is 43.2 Å². The number of aromatic nitrogens is 5. The zero-order valence-electron chi connectivity index (χ0n) is 18.6. The molecule has 2 aromatic heterocycles. The molecule has 0 fully saturated rings. The van der Waals surface area contributed by atoms with Crippen LogP contribution in [0.25, 0.3) is 16.9 Å². The molecule has 7 nitrogen and oxygen atoms in total. The fourth-order valence-corrected chi connectivity index (χ4v) is 4.56. The summed E-state index contributed by atoms with van der Waals surface area (Å²) in [6.07, 6.45) is 1.26. The average molecular weight is 501 g/mol. The number of carbonyl (C=O) groups is 1. The SMILES string of the molecule is Cc1cn(-c2ccc(-c3cn([C@H]4CCc5ccccc5N(CC(F)(F)F)C4=O)nn3)cc2Cl)cn1. The summed E-state index contributed by atoms with van der Waals surface area (Å²) in [6.45, 7) is 0.506. The molecular weight excluding hydrogens is 481 g/mol. The van der Waals surface area contributed by atoms with Crippen LogP contribution >= 0.6 is 11.6 Å². The molecule has 1 aliphatic heterocycles. The third-order valence-corrected chi connectivity index (χ3v) is 6.22. The largest absolute Gasteiger partial charge is 0.406 e. The molecule has 0 saturated carbocycles. The third-order valence-electron chi connectivity index (χ3n) is 5.92. The number of imidazole rings is 1. The second kappa shape index (κ2) is 8.84. The third kappa shape index (κ3) is 4.66. The standard InChI is InChI=1S/C24H20ClF3N6O/c1-15-11-32(14-29-15)21-8-7-17(10-18(21)25)19-12-34(31-30-19)22-9-6-16-4-2-3-5-20(16)33(23(22)35)13-24(26,27)28/h2-5,7-8,10-12,14,22H,6,9,13H2,1H3/t22-/m0/s1. The van der Waals surface area contributed by atoms with Crippen LogP contribution in [0, 0.1) is 6.92 Å². The summed E-state index contributed by atoms with van der Waals surface area (Å²) in [7, 11) is 0. The van der Waals surface area contributed by atoms with Crippen LogP contribution in [0.1, 0.15) is 23.7 Å². The molecule has 1 atom stereocenters. The maximum atomic E-state index is 13.3. The van der Waals surface area contributed by atoms with E-state index in [4.69, 9.17) is 11.6 Å². The lowest BCUT2D eigenvalue weighted by Crippen LogP contribution is -2.42. The van der Waals surface area contributed by atoms with Crippen LogP contribution in [-0.2, 0) is 11.2 Å². The van der Waals surface area contributed by atoms with Crippen molar-refractivity contribution in [1.29, 1.82) is 0 Å². The van der Waals surface area contributed by atoms with Crippen molar-refractivity contribution in [2.24, 2.45) is 0 Å². The predicted molar refractivity (Wildman–Crippen MR) is 125 cm³/mol. The molecule has 0 unspecified atom stereocenters. The summed E-state index contributed by atoms with van der Waals surface area (Å²) in [6, 6.07) is 11.1. The van der Waals surface area contributed by atoms with Crippen molar-refractivity contribution in [3.05, 3.63) is 77.5 Å². The van der Waals surface area contributed by atoms with Gasteiger partial charge in [0.05, 0.1) is 28.9 Å². The zero-order valence-corrected chi connectivity index (χ0v) is 19.3. The average Bonchev–Trinajstić information content (AvgIpc) is 3.44. The first-order valence-corrected chi connectivity index (χ1v) is 11.3. The van der Waals surface area contributed by atoms with Gasteiger partial charge in [0.1, 0.15) is 18.3 Å². The highest BCUT2D eigenvalue weighted by molar-refractivity contribution is 6.32. The highest BCUT2D eigenvalue weighted by Gasteiger charge is 2.39. The molecule has 2 aromatic carbocycles. The number of fused-ring (bicyclic) bond motifs is 1. The van der Waals surface area contributed by atoms with E-state index in [1.54, 1.807) is 47.4 Å². The molecule has 3 heterocycles. The van der Waals surface area contributed by atoms with E-state index >= 15 is 0 Å². The molecule has 5 rings (SSSR count). The van der Waals surface area contributed by atoms with Gasteiger partial charge < -0.3 is 9.47 Å². The second-order valence-corrected chi connectivity index (χ2v) is 8.80. The minimum Gasteiger partial charge on any atom is -0.305 e. The van der Waals surface area contributed by atoms with Crippen molar-refractivity contribution in [3.8, 4) is 16.9 Å². The smallest absolute Gasteiger partial charge is 0.305 e. The summed E-state index contributed by atoms with van der Waals surface area (Å²) in [5.41, 5.74) is 3.67. The summed E-state index contributed by atoms with van der Waals surface area (Å²) in [5, 5.41) is 8.73. The Morgan fingerprint density at radius 2 is 1.91 bits per heavy atom. The summed E-state index contributed by atoms with van der Waals surface area (Å²) in [4.78, 5) is 18.3. The molecule has 0 radical (unpaired) electrons. The molecule has 180 valence electrons. The first kappa shape index (κ1) is 23.1. The first-order chi connectivity index (χ1) is 16.7. The van der Waals surface area contributed by atoms with Crippen molar-refractivity contribution in [2.75, 3.05) is 11.4 Å². The minimum atomic E-state index is -4.54. The van der Waals surface area contributed by atoms with Crippen LogP contribution in [0.3, 0.4) is 0 Å². The number of carbonyl (C=O) groups excluding carboxylic acids is 1. The number of benzene rings is 2. The Hall–Kier alpha value is -3.66. The van der Waals surface area contributed by atoms with Crippen LogP contribution < -0.4 is 4.90 Å². The minimum absolute atomic E-state index is 0.273. The Labute approximate surface area is 203 Å². The van der Waals surface area contributed by atoms with E-state index in [1.165, 1.54) is 4.68 Å². The molecule has 0 N–H and O–H groups in total. The highest BCUT2D eigenvalue weighted by atomic mass is 35.5. The molecule has 11 heteroatoms. The number of hydrogen-bond donors (Lipinski definition) is 0. The van der Waals surface area contributed by atoms with Crippen LogP contribution in [0.15, 0.2) is 61.2 Å². The van der Waals surface area contributed by atoms with E-state index in [2.05, 4.69) is 15.3 Å². The number of alkyl halides is 3. The molecule has 0 saturated heterocycles. The summed E-state index contributed by atoms with van der Waals surface area (Å²) < 4.78 is 43.2. The van der Waals surface area contributed by atoms with Crippen molar-refractivity contribution in [3.63, 3.8) is 0 Å². The Balaban J connectivity index is 1.45. The van der Waals surface area contributed by atoms with Crippen LogP contribution in [0.2, 0.25) is 5.02 Å². The normalized spacial score (nSPS) is 16.3. The Bertz CT molecular complexity index is 1400. The summed E-state index contributed by atoms with van der Waals surface area (Å²) >= 11 is 6.48. The molecule has 1 aliphatic rings. The molecular formula is C24H20ClF3N6O.